The monoisotopic (exact) mass is 521 g/mol. The van der Waals surface area contributed by atoms with Crippen molar-refractivity contribution in [2.45, 2.75) is 174 Å². The molecule has 4 heteroatoms. The number of hydrogen-bond donors (Lipinski definition) is 3. The third-order valence-corrected chi connectivity index (χ3v) is 7.19. The van der Waals surface area contributed by atoms with Crippen LogP contribution in [0.4, 0.5) is 0 Å². The lowest BCUT2D eigenvalue weighted by atomic mass is 10.0. The van der Waals surface area contributed by atoms with Crippen molar-refractivity contribution < 1.29 is 15.0 Å². The average molecular weight is 522 g/mol. The van der Waals surface area contributed by atoms with E-state index in [2.05, 4.69) is 31.3 Å². The summed E-state index contributed by atoms with van der Waals surface area (Å²) in [5.74, 6) is -0.0770. The van der Waals surface area contributed by atoms with Crippen LogP contribution in [0.3, 0.4) is 0 Å². The van der Waals surface area contributed by atoms with Gasteiger partial charge in [0.15, 0.2) is 0 Å². The minimum atomic E-state index is -0.854. The van der Waals surface area contributed by atoms with Gasteiger partial charge < -0.3 is 15.5 Å². The highest BCUT2D eigenvalue weighted by atomic mass is 16.3. The second-order valence-corrected chi connectivity index (χ2v) is 10.9. The van der Waals surface area contributed by atoms with Crippen LogP contribution in [0.2, 0.25) is 0 Å². The van der Waals surface area contributed by atoms with Gasteiger partial charge in [-0.15, -0.1) is 0 Å². The second kappa shape index (κ2) is 29.4. The fraction of sp³-hybridized carbons (Fsp3) is 0.848. The first-order chi connectivity index (χ1) is 18.2. The first kappa shape index (κ1) is 35.9. The minimum Gasteiger partial charge on any atom is -0.394 e. The zero-order valence-corrected chi connectivity index (χ0v) is 24.7. The van der Waals surface area contributed by atoms with E-state index >= 15 is 0 Å². The summed E-state index contributed by atoms with van der Waals surface area (Å²) in [6, 6.07) is -0.631. The van der Waals surface area contributed by atoms with Crippen LogP contribution in [0.5, 0.6) is 0 Å². The lowest BCUT2D eigenvalue weighted by Gasteiger charge is -2.19. The normalized spacial score (nSPS) is 13.5. The summed E-state index contributed by atoms with van der Waals surface area (Å²) in [6.07, 6.45) is 35.3. The van der Waals surface area contributed by atoms with Gasteiger partial charge in [0.1, 0.15) is 0 Å². The molecule has 0 saturated heterocycles. The van der Waals surface area contributed by atoms with E-state index < -0.39 is 12.1 Å². The first-order valence-corrected chi connectivity index (χ1v) is 16.1. The Kier molecular flexibility index (Phi) is 28.5. The van der Waals surface area contributed by atoms with Crippen molar-refractivity contribution in [2.24, 2.45) is 0 Å². The van der Waals surface area contributed by atoms with E-state index in [-0.39, 0.29) is 12.5 Å². The molecule has 4 nitrogen and oxygen atoms in total. The predicted octanol–water partition coefficient (Wildman–Crippen LogP) is 8.95. The number of unbranched alkanes of at least 4 members (excludes halogenated alkanes) is 19. The zero-order chi connectivity index (χ0) is 27.2. The van der Waals surface area contributed by atoms with Gasteiger partial charge in [-0.05, 0) is 32.1 Å². The standard InChI is InChI=1S/C33H63NO3/c1-3-5-7-9-11-13-15-17-18-20-22-24-26-28-32(36)31(30-35)34-33(37)29-27-25-23-21-19-16-14-12-10-8-6-4-2/h18,20,26,28,31-32,35-36H,3-17,19,21-25,27,29-30H2,1-2H3,(H,34,37)/b20-18+,28-26+/t31-,32+/m0/s1. The third kappa shape index (κ3) is 26.3. The second-order valence-electron chi connectivity index (χ2n) is 10.9. The highest BCUT2D eigenvalue weighted by molar-refractivity contribution is 5.76. The van der Waals surface area contributed by atoms with Crippen LogP contribution >= 0.6 is 0 Å². The SMILES string of the molecule is CCCCCCCCC/C=C/CC/C=C/[C@@H](O)[C@H](CO)NC(=O)CCCCCCCCCCCCCC. The summed E-state index contributed by atoms with van der Waals surface area (Å²) in [4.78, 5) is 12.2. The molecule has 1 amide bonds. The fourth-order valence-corrected chi connectivity index (χ4v) is 4.66. The number of aliphatic hydroxyl groups is 2. The Morgan fingerprint density at radius 3 is 1.57 bits per heavy atom. The molecule has 0 radical (unpaired) electrons. The van der Waals surface area contributed by atoms with Crippen LogP contribution in [0.15, 0.2) is 24.3 Å². The molecule has 0 aromatic rings. The van der Waals surface area contributed by atoms with Crippen molar-refractivity contribution in [3.05, 3.63) is 24.3 Å². The third-order valence-electron chi connectivity index (χ3n) is 7.19. The molecule has 0 spiro atoms. The maximum atomic E-state index is 12.2. The molecule has 0 aromatic heterocycles. The average Bonchev–Trinajstić information content (AvgIpc) is 2.90. The molecule has 3 N–H and O–H groups in total. The van der Waals surface area contributed by atoms with Crippen LogP contribution < -0.4 is 5.32 Å². The smallest absolute Gasteiger partial charge is 0.220 e. The zero-order valence-electron chi connectivity index (χ0n) is 24.7. The molecule has 0 heterocycles. The minimum absolute atomic E-state index is 0.0770. The van der Waals surface area contributed by atoms with Gasteiger partial charge in [0.05, 0.1) is 18.8 Å². The molecule has 0 aliphatic carbocycles. The highest BCUT2D eigenvalue weighted by Crippen LogP contribution is 2.13. The maximum absolute atomic E-state index is 12.2. The van der Waals surface area contributed by atoms with Crippen molar-refractivity contribution >= 4 is 5.91 Å². The van der Waals surface area contributed by atoms with Crippen molar-refractivity contribution in [1.82, 2.24) is 5.32 Å². The van der Waals surface area contributed by atoms with E-state index in [0.717, 1.165) is 32.1 Å². The van der Waals surface area contributed by atoms with Gasteiger partial charge >= 0.3 is 0 Å². The number of allylic oxidation sites excluding steroid dienone is 3. The van der Waals surface area contributed by atoms with E-state index in [1.807, 2.05) is 6.08 Å². The van der Waals surface area contributed by atoms with Gasteiger partial charge in [-0.1, -0.05) is 147 Å². The van der Waals surface area contributed by atoms with Crippen LogP contribution in [-0.2, 0) is 4.79 Å². The Morgan fingerprint density at radius 1 is 0.622 bits per heavy atom. The summed E-state index contributed by atoms with van der Waals surface area (Å²) >= 11 is 0. The molecule has 0 saturated carbocycles. The molecule has 0 rings (SSSR count). The first-order valence-electron chi connectivity index (χ1n) is 16.1. The molecule has 0 aliphatic rings. The van der Waals surface area contributed by atoms with Crippen LogP contribution in [0, 0.1) is 0 Å². The molecule has 0 aliphatic heterocycles. The Hall–Kier alpha value is -1.13. The van der Waals surface area contributed by atoms with Crippen molar-refractivity contribution in [2.75, 3.05) is 6.61 Å². The summed E-state index contributed by atoms with van der Waals surface area (Å²) in [7, 11) is 0. The largest absolute Gasteiger partial charge is 0.394 e. The summed E-state index contributed by atoms with van der Waals surface area (Å²) in [5, 5.41) is 22.7. The molecule has 0 bridgehead atoms. The number of carbonyl (C=O) groups is 1. The lowest BCUT2D eigenvalue weighted by Crippen LogP contribution is -2.45. The maximum Gasteiger partial charge on any atom is 0.220 e. The number of aliphatic hydroxyl groups excluding tert-OH is 2. The molecular weight excluding hydrogens is 458 g/mol. The Morgan fingerprint density at radius 2 is 1.05 bits per heavy atom. The Bertz CT molecular complexity index is 532. The quantitative estimate of drug-likeness (QED) is 0.0711. The van der Waals surface area contributed by atoms with E-state index in [1.165, 1.54) is 109 Å². The fourth-order valence-electron chi connectivity index (χ4n) is 4.66. The molecule has 218 valence electrons. The number of nitrogens with one attached hydrogen (secondary N) is 1. The van der Waals surface area contributed by atoms with E-state index in [0.29, 0.717) is 6.42 Å². The Labute approximate surface area is 230 Å². The van der Waals surface area contributed by atoms with Gasteiger partial charge in [-0.2, -0.15) is 0 Å². The topological polar surface area (TPSA) is 69.6 Å². The van der Waals surface area contributed by atoms with Crippen molar-refractivity contribution in [1.29, 1.82) is 0 Å². The number of rotatable bonds is 28. The molecule has 2 atom stereocenters. The summed E-state index contributed by atoms with van der Waals surface area (Å²) in [5.41, 5.74) is 0. The lowest BCUT2D eigenvalue weighted by molar-refractivity contribution is -0.123. The van der Waals surface area contributed by atoms with Gasteiger partial charge in [0.25, 0.3) is 0 Å². The predicted molar refractivity (Wildman–Crippen MR) is 161 cm³/mol. The van der Waals surface area contributed by atoms with Crippen molar-refractivity contribution in [3.63, 3.8) is 0 Å². The van der Waals surface area contributed by atoms with Crippen LogP contribution in [0.1, 0.15) is 162 Å². The van der Waals surface area contributed by atoms with Gasteiger partial charge in [0.2, 0.25) is 5.91 Å². The van der Waals surface area contributed by atoms with E-state index in [9.17, 15) is 15.0 Å². The van der Waals surface area contributed by atoms with Crippen LogP contribution in [-0.4, -0.2) is 34.9 Å². The van der Waals surface area contributed by atoms with Gasteiger partial charge in [-0.25, -0.2) is 0 Å². The van der Waals surface area contributed by atoms with Crippen LogP contribution in [0.25, 0.3) is 0 Å². The molecule has 37 heavy (non-hydrogen) atoms. The summed E-state index contributed by atoms with van der Waals surface area (Å²) in [6.45, 7) is 4.26. The van der Waals surface area contributed by atoms with E-state index in [4.69, 9.17) is 0 Å². The number of carbonyl (C=O) groups excluding carboxylic acids is 1. The number of hydrogen-bond acceptors (Lipinski definition) is 3. The summed E-state index contributed by atoms with van der Waals surface area (Å²) < 4.78 is 0. The number of amides is 1. The van der Waals surface area contributed by atoms with Crippen molar-refractivity contribution in [3.8, 4) is 0 Å². The van der Waals surface area contributed by atoms with E-state index in [1.54, 1.807) is 6.08 Å². The Balaban J connectivity index is 3.72. The molecule has 0 aromatic carbocycles. The molecule has 0 fully saturated rings. The molecule has 0 unspecified atom stereocenters. The van der Waals surface area contributed by atoms with Gasteiger partial charge in [0, 0.05) is 6.42 Å². The van der Waals surface area contributed by atoms with Gasteiger partial charge in [-0.3, -0.25) is 4.79 Å². The molecular formula is C33H63NO3. The highest BCUT2D eigenvalue weighted by Gasteiger charge is 2.17.